The third kappa shape index (κ3) is 4.00. The van der Waals surface area contributed by atoms with Gasteiger partial charge in [0, 0.05) is 11.4 Å². The Kier molecular flexibility index (Phi) is 4.42. The smallest absolute Gasteiger partial charge is 0.345 e. The number of hydrogen-bond acceptors (Lipinski definition) is 2. The number of ether oxygens (including phenoxy) is 1. The van der Waals surface area contributed by atoms with Gasteiger partial charge in [0.2, 0.25) is 0 Å². The van der Waals surface area contributed by atoms with Crippen molar-refractivity contribution in [2.75, 3.05) is 0 Å². The van der Waals surface area contributed by atoms with Gasteiger partial charge < -0.3 is 9.84 Å². The number of benzene rings is 2. The molecule has 4 heteroatoms. The average molecular weight is 277 g/mol. The molecule has 0 saturated carbocycles. The Morgan fingerprint density at radius 2 is 1.74 bits per heavy atom. The SMILES string of the molecule is O=C(O)[C@@H](Cc1ccccc1)Oc1ccc(Cl)cc1. The van der Waals surface area contributed by atoms with Crippen LogP contribution >= 0.6 is 11.6 Å². The van der Waals surface area contributed by atoms with E-state index in [2.05, 4.69) is 0 Å². The average Bonchev–Trinajstić information content (AvgIpc) is 2.41. The Hall–Kier alpha value is -2.00. The molecule has 0 heterocycles. The molecule has 98 valence electrons. The Balaban J connectivity index is 2.08. The highest BCUT2D eigenvalue weighted by molar-refractivity contribution is 6.30. The number of rotatable bonds is 5. The lowest BCUT2D eigenvalue weighted by Gasteiger charge is -2.15. The Bertz CT molecular complexity index is 537. The topological polar surface area (TPSA) is 46.5 Å². The molecular formula is C15H13ClO3. The third-order valence-corrected chi connectivity index (χ3v) is 2.88. The summed E-state index contributed by atoms with van der Waals surface area (Å²) < 4.78 is 5.48. The van der Waals surface area contributed by atoms with Gasteiger partial charge in [-0.05, 0) is 29.8 Å². The van der Waals surface area contributed by atoms with Crippen molar-refractivity contribution in [3.63, 3.8) is 0 Å². The van der Waals surface area contributed by atoms with Crippen LogP contribution in [0.5, 0.6) is 5.75 Å². The zero-order valence-corrected chi connectivity index (χ0v) is 10.9. The Labute approximate surface area is 116 Å². The first kappa shape index (κ1) is 13.4. The molecule has 0 unspecified atom stereocenters. The van der Waals surface area contributed by atoms with Crippen molar-refractivity contribution in [1.82, 2.24) is 0 Å². The molecule has 1 N–H and O–H groups in total. The van der Waals surface area contributed by atoms with Crippen LogP contribution in [-0.2, 0) is 11.2 Å². The van der Waals surface area contributed by atoms with Crippen LogP contribution in [0, 0.1) is 0 Å². The van der Waals surface area contributed by atoms with E-state index in [-0.39, 0.29) is 0 Å². The van der Waals surface area contributed by atoms with E-state index in [0.29, 0.717) is 17.2 Å². The van der Waals surface area contributed by atoms with Gasteiger partial charge in [-0.2, -0.15) is 0 Å². The molecule has 0 bridgehead atoms. The van der Waals surface area contributed by atoms with Crippen molar-refractivity contribution in [3.05, 3.63) is 65.2 Å². The van der Waals surface area contributed by atoms with Crippen LogP contribution in [0.4, 0.5) is 0 Å². The second kappa shape index (κ2) is 6.25. The number of carboxylic acids is 1. The van der Waals surface area contributed by atoms with Crippen LogP contribution in [0.3, 0.4) is 0 Å². The molecule has 1 atom stereocenters. The largest absolute Gasteiger partial charge is 0.478 e. The first-order valence-corrected chi connectivity index (χ1v) is 6.22. The molecule has 0 aliphatic rings. The van der Waals surface area contributed by atoms with E-state index in [1.165, 1.54) is 0 Å². The van der Waals surface area contributed by atoms with Crippen molar-refractivity contribution >= 4 is 17.6 Å². The highest BCUT2D eigenvalue weighted by Gasteiger charge is 2.19. The summed E-state index contributed by atoms with van der Waals surface area (Å²) in [4.78, 5) is 11.2. The number of aliphatic carboxylic acids is 1. The summed E-state index contributed by atoms with van der Waals surface area (Å²) in [7, 11) is 0. The number of carboxylic acid groups (broad SMARTS) is 1. The molecule has 0 saturated heterocycles. The fraction of sp³-hybridized carbons (Fsp3) is 0.133. The third-order valence-electron chi connectivity index (χ3n) is 2.63. The lowest BCUT2D eigenvalue weighted by Crippen LogP contribution is -2.29. The van der Waals surface area contributed by atoms with Gasteiger partial charge in [0.25, 0.3) is 0 Å². The van der Waals surface area contributed by atoms with Crippen molar-refractivity contribution in [2.24, 2.45) is 0 Å². The normalized spacial score (nSPS) is 11.8. The van der Waals surface area contributed by atoms with E-state index < -0.39 is 12.1 Å². The lowest BCUT2D eigenvalue weighted by atomic mass is 10.1. The van der Waals surface area contributed by atoms with E-state index in [4.69, 9.17) is 16.3 Å². The van der Waals surface area contributed by atoms with Gasteiger partial charge in [-0.25, -0.2) is 4.79 Å². The van der Waals surface area contributed by atoms with E-state index in [1.807, 2.05) is 30.3 Å². The van der Waals surface area contributed by atoms with Crippen molar-refractivity contribution < 1.29 is 14.6 Å². The molecule has 0 aliphatic carbocycles. The van der Waals surface area contributed by atoms with Crippen LogP contribution in [0.25, 0.3) is 0 Å². The molecule has 0 aromatic heterocycles. The maximum absolute atomic E-state index is 11.2. The predicted octanol–water partition coefficient (Wildman–Crippen LogP) is 3.41. The fourth-order valence-corrected chi connectivity index (χ4v) is 1.81. The molecule has 2 aromatic carbocycles. The minimum atomic E-state index is -0.987. The maximum Gasteiger partial charge on any atom is 0.345 e. The highest BCUT2D eigenvalue weighted by Crippen LogP contribution is 2.18. The standard InChI is InChI=1S/C15H13ClO3/c16-12-6-8-13(9-7-12)19-14(15(17)18)10-11-4-2-1-3-5-11/h1-9,14H,10H2,(H,17,18)/t14-/m1/s1. The Morgan fingerprint density at radius 1 is 1.11 bits per heavy atom. The zero-order chi connectivity index (χ0) is 13.7. The van der Waals surface area contributed by atoms with E-state index in [9.17, 15) is 9.90 Å². The van der Waals surface area contributed by atoms with Gasteiger partial charge in [0.15, 0.2) is 6.10 Å². The summed E-state index contributed by atoms with van der Waals surface area (Å²) in [5, 5.41) is 9.78. The predicted molar refractivity (Wildman–Crippen MR) is 73.6 cm³/mol. The van der Waals surface area contributed by atoms with E-state index in [1.54, 1.807) is 24.3 Å². The van der Waals surface area contributed by atoms with Crippen molar-refractivity contribution in [1.29, 1.82) is 0 Å². The van der Waals surface area contributed by atoms with E-state index >= 15 is 0 Å². The number of carbonyl (C=O) groups is 1. The summed E-state index contributed by atoms with van der Waals surface area (Å²) in [6.07, 6.45) is -0.595. The van der Waals surface area contributed by atoms with Crippen LogP contribution in [-0.4, -0.2) is 17.2 Å². The Morgan fingerprint density at radius 3 is 2.32 bits per heavy atom. The maximum atomic E-state index is 11.2. The summed E-state index contributed by atoms with van der Waals surface area (Å²) in [5.41, 5.74) is 0.920. The van der Waals surface area contributed by atoms with Crippen LogP contribution < -0.4 is 4.74 Å². The fourth-order valence-electron chi connectivity index (χ4n) is 1.68. The van der Waals surface area contributed by atoms with Crippen molar-refractivity contribution in [3.8, 4) is 5.75 Å². The van der Waals surface area contributed by atoms with Gasteiger partial charge in [0.1, 0.15) is 5.75 Å². The summed E-state index contributed by atoms with van der Waals surface area (Å²) >= 11 is 5.77. The molecular weight excluding hydrogens is 264 g/mol. The summed E-state index contributed by atoms with van der Waals surface area (Å²) in [5.74, 6) is -0.494. The van der Waals surface area contributed by atoms with Gasteiger partial charge in [-0.3, -0.25) is 0 Å². The highest BCUT2D eigenvalue weighted by atomic mass is 35.5. The number of halogens is 1. The monoisotopic (exact) mass is 276 g/mol. The number of hydrogen-bond donors (Lipinski definition) is 1. The lowest BCUT2D eigenvalue weighted by molar-refractivity contribution is -0.145. The van der Waals surface area contributed by atoms with Gasteiger partial charge in [0.05, 0.1) is 0 Å². The molecule has 0 fully saturated rings. The van der Waals surface area contributed by atoms with E-state index in [0.717, 1.165) is 5.56 Å². The van der Waals surface area contributed by atoms with Gasteiger partial charge in [-0.15, -0.1) is 0 Å². The van der Waals surface area contributed by atoms with Gasteiger partial charge >= 0.3 is 5.97 Å². The zero-order valence-electron chi connectivity index (χ0n) is 10.1. The molecule has 19 heavy (non-hydrogen) atoms. The molecule has 0 aliphatic heterocycles. The van der Waals surface area contributed by atoms with Crippen LogP contribution in [0.2, 0.25) is 5.02 Å². The second-order valence-corrected chi connectivity index (χ2v) is 4.52. The second-order valence-electron chi connectivity index (χ2n) is 4.09. The van der Waals surface area contributed by atoms with Crippen LogP contribution in [0.1, 0.15) is 5.56 Å². The molecule has 0 spiro atoms. The summed E-state index contributed by atoms with van der Waals surface area (Å²) in [6.45, 7) is 0. The first-order chi connectivity index (χ1) is 9.15. The molecule has 2 aromatic rings. The minimum Gasteiger partial charge on any atom is -0.478 e. The molecule has 0 radical (unpaired) electrons. The quantitative estimate of drug-likeness (QED) is 0.910. The summed E-state index contributed by atoms with van der Waals surface area (Å²) in [6, 6.07) is 16.0. The minimum absolute atomic E-state index is 0.318. The molecule has 2 rings (SSSR count). The van der Waals surface area contributed by atoms with Crippen LogP contribution in [0.15, 0.2) is 54.6 Å². The molecule has 3 nitrogen and oxygen atoms in total. The van der Waals surface area contributed by atoms with Crippen molar-refractivity contribution in [2.45, 2.75) is 12.5 Å². The van der Waals surface area contributed by atoms with Gasteiger partial charge in [-0.1, -0.05) is 41.9 Å². The first-order valence-electron chi connectivity index (χ1n) is 5.84. The molecule has 0 amide bonds.